The number of rotatable bonds is 2. The van der Waals surface area contributed by atoms with Crippen molar-refractivity contribution in [1.82, 2.24) is 4.98 Å². The summed E-state index contributed by atoms with van der Waals surface area (Å²) in [5.41, 5.74) is 12.2. The van der Waals surface area contributed by atoms with Crippen LogP contribution in [0.15, 0.2) is 106 Å². The summed E-state index contributed by atoms with van der Waals surface area (Å²) in [6.07, 6.45) is 13.2. The van der Waals surface area contributed by atoms with Gasteiger partial charge in [-0.3, -0.25) is 0 Å². The van der Waals surface area contributed by atoms with Gasteiger partial charge >= 0.3 is 0 Å². The number of aromatic amines is 1. The molecule has 0 radical (unpaired) electrons. The number of fused-ring (bicyclic) bond motifs is 2. The van der Waals surface area contributed by atoms with Gasteiger partial charge in [-0.05, 0) is 121 Å². The molecule has 1 nitrogen and oxygen atoms in total. The maximum absolute atomic E-state index is 4.45. The van der Waals surface area contributed by atoms with E-state index in [2.05, 4.69) is 136 Å². The topological polar surface area (TPSA) is 15.8 Å². The van der Waals surface area contributed by atoms with Crippen LogP contribution >= 0.6 is 0 Å². The lowest BCUT2D eigenvalue weighted by atomic mass is 9.89. The van der Waals surface area contributed by atoms with E-state index in [1.165, 1.54) is 39.0 Å². The molecule has 1 aliphatic heterocycles. The van der Waals surface area contributed by atoms with Crippen molar-refractivity contribution in [3.63, 3.8) is 0 Å². The molecule has 0 amide bonds. The van der Waals surface area contributed by atoms with Crippen LogP contribution < -0.4 is 10.7 Å². The number of H-pyrrole nitrogens is 1. The van der Waals surface area contributed by atoms with Crippen molar-refractivity contribution < 1.29 is 0 Å². The van der Waals surface area contributed by atoms with Crippen LogP contribution in [0.25, 0.3) is 11.1 Å². The quantitative estimate of drug-likeness (QED) is 0.449. The fraction of sp³-hybridized carbons (Fsp3) is 0.353. The zero-order valence-corrected chi connectivity index (χ0v) is 23.7. The monoisotopic (exact) mass is 467 g/mol. The van der Waals surface area contributed by atoms with Gasteiger partial charge in [0.15, 0.2) is 0 Å². The van der Waals surface area contributed by atoms with E-state index in [9.17, 15) is 0 Å². The minimum absolute atomic E-state index is 0.343. The number of nitrogens with one attached hydrogen (secondary N) is 1. The fourth-order valence-electron chi connectivity index (χ4n) is 4.68. The summed E-state index contributed by atoms with van der Waals surface area (Å²) in [5.74, 6) is 0.771. The fourth-order valence-corrected chi connectivity index (χ4v) is 4.68. The number of hydrogen-bond acceptors (Lipinski definition) is 0. The van der Waals surface area contributed by atoms with Gasteiger partial charge in [0.25, 0.3) is 0 Å². The summed E-state index contributed by atoms with van der Waals surface area (Å²) in [6, 6.07) is 4.32. The zero-order chi connectivity index (χ0) is 26.4. The maximum atomic E-state index is 4.45. The molecule has 1 aromatic rings. The van der Waals surface area contributed by atoms with Crippen LogP contribution in [0.5, 0.6) is 0 Å². The zero-order valence-electron chi connectivity index (χ0n) is 23.7. The van der Waals surface area contributed by atoms with Crippen LogP contribution in [0, 0.1) is 11.8 Å². The molecular formula is C34H45N. The van der Waals surface area contributed by atoms with Gasteiger partial charge in [-0.15, -0.1) is 0 Å². The summed E-state index contributed by atoms with van der Waals surface area (Å²) in [4.78, 5) is 3.64. The summed E-state index contributed by atoms with van der Waals surface area (Å²) >= 11 is 0. The molecule has 0 unspecified atom stereocenters. The molecule has 0 fully saturated rings. The van der Waals surface area contributed by atoms with Gasteiger partial charge in [0.1, 0.15) is 0 Å². The predicted molar refractivity (Wildman–Crippen MR) is 157 cm³/mol. The van der Waals surface area contributed by atoms with Gasteiger partial charge in [0, 0.05) is 10.7 Å². The molecule has 1 heteroatoms. The summed E-state index contributed by atoms with van der Waals surface area (Å²) in [6.45, 7) is 30.9. The van der Waals surface area contributed by atoms with Gasteiger partial charge < -0.3 is 4.98 Å². The average Bonchev–Trinajstić information content (AvgIpc) is 3.26. The van der Waals surface area contributed by atoms with E-state index in [1.807, 2.05) is 0 Å². The lowest BCUT2D eigenvalue weighted by molar-refractivity contribution is 0.769. The third kappa shape index (κ3) is 6.98. The molecule has 1 aliphatic rings. The molecular weight excluding hydrogens is 422 g/mol. The first-order valence-corrected chi connectivity index (χ1v) is 12.7. The van der Waals surface area contributed by atoms with Crippen LogP contribution in [0.2, 0.25) is 0 Å². The molecule has 0 aromatic carbocycles. The molecule has 1 aromatic heterocycles. The van der Waals surface area contributed by atoms with Gasteiger partial charge in [-0.1, -0.05) is 77.3 Å². The second-order valence-electron chi connectivity index (χ2n) is 10.5. The highest BCUT2D eigenvalue weighted by Crippen LogP contribution is 2.26. The van der Waals surface area contributed by atoms with Crippen LogP contribution in [0.3, 0.4) is 0 Å². The Morgan fingerprint density at radius 2 is 1.09 bits per heavy atom. The minimum Gasteiger partial charge on any atom is -0.355 e. The first-order chi connectivity index (χ1) is 16.3. The Hall–Kier alpha value is -3.06. The number of aromatic nitrogens is 1. The Balaban J connectivity index is 2.88. The first kappa shape index (κ1) is 28.2. The van der Waals surface area contributed by atoms with Gasteiger partial charge in [0.2, 0.25) is 0 Å². The van der Waals surface area contributed by atoms with Crippen LogP contribution in [0.4, 0.5) is 0 Å². The highest BCUT2D eigenvalue weighted by atomic mass is 14.7. The second-order valence-corrected chi connectivity index (χ2v) is 10.5. The highest BCUT2D eigenvalue weighted by molar-refractivity contribution is 5.69. The van der Waals surface area contributed by atoms with Crippen molar-refractivity contribution in [2.24, 2.45) is 11.8 Å². The van der Waals surface area contributed by atoms with E-state index in [-0.39, 0.29) is 0 Å². The number of hydrogen-bond donors (Lipinski definition) is 1. The molecule has 0 aliphatic carbocycles. The first-order valence-electron chi connectivity index (χ1n) is 12.7. The van der Waals surface area contributed by atoms with E-state index in [0.717, 1.165) is 27.4 Å². The molecule has 0 saturated heterocycles. The van der Waals surface area contributed by atoms with Gasteiger partial charge in [-0.2, -0.15) is 0 Å². The van der Waals surface area contributed by atoms with E-state index in [1.54, 1.807) is 0 Å². The van der Waals surface area contributed by atoms with Crippen molar-refractivity contribution in [2.75, 3.05) is 0 Å². The normalized spacial score (nSPS) is 29.3. The molecule has 35 heavy (non-hydrogen) atoms. The summed E-state index contributed by atoms with van der Waals surface area (Å²) in [5, 5.41) is 2.21. The molecule has 1 N–H and O–H groups in total. The van der Waals surface area contributed by atoms with Crippen LogP contribution in [-0.2, 0) is 0 Å². The summed E-state index contributed by atoms with van der Waals surface area (Å²) in [7, 11) is 0. The van der Waals surface area contributed by atoms with E-state index in [0.29, 0.717) is 11.8 Å². The average molecular weight is 468 g/mol. The van der Waals surface area contributed by atoms with Crippen molar-refractivity contribution in [3.05, 3.63) is 117 Å². The summed E-state index contributed by atoms with van der Waals surface area (Å²) < 4.78 is 0. The highest BCUT2D eigenvalue weighted by Gasteiger charge is 2.11. The van der Waals surface area contributed by atoms with Crippen molar-refractivity contribution >= 4 is 11.1 Å². The molecule has 2 bridgehead atoms. The standard InChI is InChI=1S/C34H45N/c1-21(2)33-26(8)16-15-24(6)29(11)23(5)13-14-25(7)30(12)31-19-20-32(35-31)34(22(3)4)28(10)18-17-27(33)9/h13-22,35H,7,10H2,1-6,8-9,11-12H3/b14-13-,18-17-,24-15+,26-16+,29-23+,31-30-,33-27+,34-32-. The largest absolute Gasteiger partial charge is 0.355 e. The maximum Gasteiger partial charge on any atom is 0.0426 e. The van der Waals surface area contributed by atoms with Crippen molar-refractivity contribution in [1.29, 1.82) is 0 Å². The Morgan fingerprint density at radius 1 is 0.571 bits per heavy atom. The van der Waals surface area contributed by atoms with Gasteiger partial charge in [-0.25, -0.2) is 0 Å². The van der Waals surface area contributed by atoms with E-state index >= 15 is 0 Å². The second kappa shape index (κ2) is 12.1. The minimum atomic E-state index is 0.343. The number of allylic oxidation sites excluding steroid dienone is 14. The van der Waals surface area contributed by atoms with Crippen LogP contribution in [-0.4, -0.2) is 4.98 Å². The Labute approximate surface area is 214 Å². The lowest BCUT2D eigenvalue weighted by Gasteiger charge is -2.16. The Bertz CT molecular complexity index is 1300. The third-order valence-corrected chi connectivity index (χ3v) is 7.05. The SMILES string of the molecule is C=C1\C=C/C(C)=C(C)/C(C)=C/C=C(C)/C(C(C)C)=C(C)/C=C\C(=C)/C(C(C)C)=c2/cc/c([nH]2)=C/1C. The van der Waals surface area contributed by atoms with Crippen molar-refractivity contribution in [2.45, 2.75) is 69.2 Å². The molecule has 0 atom stereocenters. The Kier molecular flexibility index (Phi) is 9.72. The van der Waals surface area contributed by atoms with Crippen LogP contribution in [0.1, 0.15) is 69.2 Å². The molecule has 186 valence electrons. The molecule has 0 spiro atoms. The van der Waals surface area contributed by atoms with E-state index in [4.69, 9.17) is 0 Å². The predicted octanol–water partition coefficient (Wildman–Crippen LogP) is 8.43. The van der Waals surface area contributed by atoms with E-state index < -0.39 is 0 Å². The smallest absolute Gasteiger partial charge is 0.0426 e. The molecule has 0 saturated carbocycles. The third-order valence-electron chi connectivity index (χ3n) is 7.05. The Morgan fingerprint density at radius 3 is 1.69 bits per heavy atom. The van der Waals surface area contributed by atoms with Crippen molar-refractivity contribution in [3.8, 4) is 0 Å². The molecule has 2 heterocycles. The molecule has 2 rings (SSSR count). The van der Waals surface area contributed by atoms with Gasteiger partial charge in [0.05, 0.1) is 0 Å². The lowest BCUT2D eigenvalue weighted by Crippen LogP contribution is -2.17.